The molecule has 0 radical (unpaired) electrons. The second-order valence-corrected chi connectivity index (χ2v) is 7.85. The Morgan fingerprint density at radius 3 is 2.52 bits per heavy atom. The van der Waals surface area contributed by atoms with Gasteiger partial charge in [-0.25, -0.2) is 18.2 Å². The van der Waals surface area contributed by atoms with Gasteiger partial charge in [0.1, 0.15) is 30.2 Å². The number of hydrogen-bond acceptors (Lipinski definition) is 5. The van der Waals surface area contributed by atoms with Crippen LogP contribution in [-0.4, -0.2) is 11.2 Å². The highest BCUT2D eigenvalue weighted by Gasteiger charge is 2.22. The molecule has 0 unspecified atom stereocenters. The van der Waals surface area contributed by atoms with Gasteiger partial charge in [0.05, 0.1) is 0 Å². The molecule has 4 rings (SSSR count). The molecule has 2 N–H and O–H groups in total. The molecular formula is C23H25F3N2O2S. The number of aryl methyl sites for hydroxylation is 1. The summed E-state index contributed by atoms with van der Waals surface area (Å²) in [5.41, 5.74) is 1.12. The fourth-order valence-corrected chi connectivity index (χ4v) is 3.63. The second kappa shape index (κ2) is 10.7. The van der Waals surface area contributed by atoms with E-state index in [1.807, 2.05) is 6.26 Å². The molecule has 1 aliphatic rings. The third-order valence-corrected chi connectivity index (χ3v) is 5.14. The van der Waals surface area contributed by atoms with Crippen molar-refractivity contribution in [2.24, 2.45) is 5.14 Å². The zero-order chi connectivity index (χ0) is 22.4. The van der Waals surface area contributed by atoms with Gasteiger partial charge >= 0.3 is 0 Å². The van der Waals surface area contributed by atoms with Gasteiger partial charge in [-0.05, 0) is 43.7 Å². The summed E-state index contributed by atoms with van der Waals surface area (Å²) in [6.45, 7) is 1.52. The quantitative estimate of drug-likeness (QED) is 0.448. The summed E-state index contributed by atoms with van der Waals surface area (Å²) in [5, 5.41) is 4.76. The number of para-hydroxylation sites is 1. The summed E-state index contributed by atoms with van der Waals surface area (Å²) in [5.74, 6) is -1.14. The summed E-state index contributed by atoms with van der Waals surface area (Å²) >= 11 is 1.25. The summed E-state index contributed by atoms with van der Waals surface area (Å²) in [6.07, 6.45) is 7.78. The Bertz CT molecular complexity index is 1020. The Labute approximate surface area is 184 Å². The number of hydrogen-bond donors (Lipinski definition) is 1. The van der Waals surface area contributed by atoms with Crippen molar-refractivity contribution in [3.05, 3.63) is 71.2 Å². The van der Waals surface area contributed by atoms with Gasteiger partial charge in [-0.1, -0.05) is 36.9 Å². The van der Waals surface area contributed by atoms with Crippen molar-refractivity contribution in [2.45, 2.75) is 45.1 Å². The monoisotopic (exact) mass is 450 g/mol. The molecule has 31 heavy (non-hydrogen) atoms. The van der Waals surface area contributed by atoms with E-state index in [1.165, 1.54) is 56.2 Å². The van der Waals surface area contributed by atoms with Gasteiger partial charge in [0.2, 0.25) is 0 Å². The summed E-state index contributed by atoms with van der Waals surface area (Å²) in [4.78, 5) is 4.44. The van der Waals surface area contributed by atoms with Crippen molar-refractivity contribution in [3.8, 4) is 16.9 Å². The first-order chi connectivity index (χ1) is 14.9. The second-order valence-electron chi connectivity index (χ2n) is 7.38. The van der Waals surface area contributed by atoms with Crippen LogP contribution in [0.1, 0.15) is 48.7 Å². The molecule has 1 fully saturated rings. The number of benzene rings is 2. The van der Waals surface area contributed by atoms with Crippen molar-refractivity contribution < 1.29 is 22.3 Å². The average Bonchev–Trinajstić information content (AvgIpc) is 3.42. The molecule has 1 saturated carbocycles. The Kier molecular flexibility index (Phi) is 8.03. The first kappa shape index (κ1) is 23.2. The van der Waals surface area contributed by atoms with Crippen LogP contribution < -0.4 is 9.88 Å². The van der Waals surface area contributed by atoms with E-state index in [9.17, 15) is 13.2 Å². The first-order valence-corrected chi connectivity index (χ1v) is 11.3. The number of halogens is 3. The molecule has 0 spiro atoms. The Morgan fingerprint density at radius 1 is 1.10 bits per heavy atom. The molecular weight excluding hydrogens is 425 g/mol. The van der Waals surface area contributed by atoms with Crippen LogP contribution in [0.5, 0.6) is 5.75 Å². The zero-order valence-corrected chi connectivity index (χ0v) is 18.3. The van der Waals surface area contributed by atoms with Gasteiger partial charge in [-0.2, -0.15) is 0 Å². The van der Waals surface area contributed by atoms with Gasteiger partial charge < -0.3 is 9.15 Å². The van der Waals surface area contributed by atoms with E-state index in [-0.39, 0.29) is 29.0 Å². The third-order valence-electron chi connectivity index (χ3n) is 5.14. The Hall–Kier alpha value is -2.45. The van der Waals surface area contributed by atoms with Gasteiger partial charge in [0.25, 0.3) is 0 Å². The van der Waals surface area contributed by atoms with E-state index >= 15 is 0 Å². The predicted molar refractivity (Wildman–Crippen MR) is 116 cm³/mol. The number of oxazole rings is 1. The summed E-state index contributed by atoms with van der Waals surface area (Å²) in [6, 6.07) is 6.39. The summed E-state index contributed by atoms with van der Waals surface area (Å²) < 4.78 is 53.5. The zero-order valence-electron chi connectivity index (χ0n) is 17.5. The molecule has 4 nitrogen and oxygen atoms in total. The largest absolute Gasteiger partial charge is 0.483 e. The minimum absolute atomic E-state index is 0.00799. The number of ether oxygens (including phenoxy) is 1. The molecule has 1 heterocycles. The fourth-order valence-electron chi connectivity index (χ4n) is 3.63. The molecule has 0 saturated heterocycles. The van der Waals surface area contributed by atoms with Crippen molar-refractivity contribution in [3.63, 3.8) is 0 Å². The highest BCUT2D eigenvalue weighted by atomic mass is 32.2. The molecule has 0 amide bonds. The van der Waals surface area contributed by atoms with Crippen LogP contribution in [0.25, 0.3) is 11.1 Å². The topological polar surface area (TPSA) is 61.3 Å². The molecule has 3 aromatic rings. The van der Waals surface area contributed by atoms with Crippen LogP contribution >= 0.6 is 11.9 Å². The molecule has 2 aromatic carbocycles. The minimum Gasteiger partial charge on any atom is -0.483 e. The van der Waals surface area contributed by atoms with E-state index in [1.54, 1.807) is 6.07 Å². The lowest BCUT2D eigenvalue weighted by Crippen LogP contribution is -2.02. The molecule has 8 heteroatoms. The van der Waals surface area contributed by atoms with E-state index in [0.717, 1.165) is 18.9 Å². The van der Waals surface area contributed by atoms with Crippen LogP contribution in [-0.2, 0) is 6.61 Å². The van der Waals surface area contributed by atoms with Crippen molar-refractivity contribution in [1.82, 2.24) is 4.98 Å². The van der Waals surface area contributed by atoms with E-state index < -0.39 is 17.5 Å². The van der Waals surface area contributed by atoms with Crippen LogP contribution in [0.2, 0.25) is 0 Å². The highest BCUT2D eigenvalue weighted by Crippen LogP contribution is 2.36. The Balaban J connectivity index is 0.000000858. The standard InChI is InChI=1S/C22H20F3NO2.CH5NS/c1-13-9-17(20(25)10-19(13)24)16-7-4-8-18(23)21(16)27-11-15-12-28-22(26-15)14-5-2-3-6-14;1-3-2/h4,7-10,12,14H,2-3,5-6,11H2,1H3;2H2,1H3. The molecule has 1 aromatic heterocycles. The number of nitrogens with two attached hydrogens (primary N) is 1. The number of aromatic nitrogens is 1. The highest BCUT2D eigenvalue weighted by molar-refractivity contribution is 7.96. The molecule has 1 aliphatic carbocycles. The van der Waals surface area contributed by atoms with Crippen LogP contribution in [0.4, 0.5) is 13.2 Å². The Morgan fingerprint density at radius 2 is 1.81 bits per heavy atom. The van der Waals surface area contributed by atoms with Crippen molar-refractivity contribution in [2.75, 3.05) is 6.26 Å². The lowest BCUT2D eigenvalue weighted by atomic mass is 10.0. The SMILES string of the molecule is CSN.Cc1cc(-c2cccc(F)c2OCc2coc(C3CCCC3)n2)c(F)cc1F. The van der Waals surface area contributed by atoms with Gasteiger partial charge in [0, 0.05) is 23.1 Å². The lowest BCUT2D eigenvalue weighted by Gasteiger charge is -2.13. The maximum Gasteiger partial charge on any atom is 0.197 e. The fraction of sp³-hybridized carbons (Fsp3) is 0.348. The van der Waals surface area contributed by atoms with Gasteiger partial charge in [-0.3, -0.25) is 5.14 Å². The van der Waals surface area contributed by atoms with E-state index in [0.29, 0.717) is 17.5 Å². The summed E-state index contributed by atoms with van der Waals surface area (Å²) in [7, 11) is 0. The maximum atomic E-state index is 14.4. The minimum atomic E-state index is -0.775. The smallest absolute Gasteiger partial charge is 0.197 e. The van der Waals surface area contributed by atoms with E-state index in [4.69, 9.17) is 14.3 Å². The maximum absolute atomic E-state index is 14.4. The van der Waals surface area contributed by atoms with Crippen LogP contribution in [0, 0.1) is 24.4 Å². The molecule has 0 bridgehead atoms. The first-order valence-electron chi connectivity index (χ1n) is 9.99. The van der Waals surface area contributed by atoms with Crippen LogP contribution in [0.3, 0.4) is 0 Å². The number of rotatable bonds is 5. The van der Waals surface area contributed by atoms with Crippen LogP contribution in [0.15, 0.2) is 41.0 Å². The molecule has 0 atom stereocenters. The van der Waals surface area contributed by atoms with E-state index in [2.05, 4.69) is 4.98 Å². The molecule has 166 valence electrons. The predicted octanol–water partition coefficient (Wildman–Crippen LogP) is 6.53. The normalized spacial score (nSPS) is 13.7. The van der Waals surface area contributed by atoms with Crippen molar-refractivity contribution in [1.29, 1.82) is 0 Å². The lowest BCUT2D eigenvalue weighted by molar-refractivity contribution is 0.287. The van der Waals surface area contributed by atoms with Crippen molar-refractivity contribution >= 4 is 11.9 Å². The third kappa shape index (κ3) is 5.62. The molecule has 0 aliphatic heterocycles. The van der Waals surface area contributed by atoms with Gasteiger partial charge in [0.15, 0.2) is 17.5 Å². The average molecular weight is 451 g/mol. The van der Waals surface area contributed by atoms with Gasteiger partial charge in [-0.15, -0.1) is 0 Å². The number of nitrogens with zero attached hydrogens (tertiary/aromatic N) is 1.